The minimum absolute atomic E-state index is 0. The standard InChI is InChI=1S/C20H33N5.HI/c1-21-20(23-19-9-5-6-10-19)22-11-12-24-13-15-25(16-14-24)17-18-7-3-2-4-8-18;/h2-4,7-8,19H,5-6,9-17H2,1H3,(H2,21,22,23);1H. The van der Waals surface area contributed by atoms with Crippen molar-refractivity contribution in [1.82, 2.24) is 20.4 Å². The Balaban J connectivity index is 0.00000243. The second kappa shape index (κ2) is 11.8. The summed E-state index contributed by atoms with van der Waals surface area (Å²) in [6, 6.07) is 11.4. The normalized spacial score (nSPS) is 20.0. The van der Waals surface area contributed by atoms with Crippen LogP contribution in [0.15, 0.2) is 35.3 Å². The highest BCUT2D eigenvalue weighted by atomic mass is 127. The van der Waals surface area contributed by atoms with Gasteiger partial charge in [0.25, 0.3) is 0 Å². The van der Waals surface area contributed by atoms with E-state index in [9.17, 15) is 0 Å². The topological polar surface area (TPSA) is 42.9 Å². The van der Waals surface area contributed by atoms with Crippen LogP contribution in [0.25, 0.3) is 0 Å². The molecule has 0 amide bonds. The van der Waals surface area contributed by atoms with Crippen molar-refractivity contribution in [3.8, 4) is 0 Å². The summed E-state index contributed by atoms with van der Waals surface area (Å²) in [5, 5.41) is 7.03. The zero-order valence-electron chi connectivity index (χ0n) is 16.0. The molecule has 0 atom stereocenters. The predicted molar refractivity (Wildman–Crippen MR) is 120 cm³/mol. The summed E-state index contributed by atoms with van der Waals surface area (Å²) in [6.07, 6.45) is 5.26. The van der Waals surface area contributed by atoms with E-state index in [1.807, 2.05) is 7.05 Å². The highest BCUT2D eigenvalue weighted by Crippen LogP contribution is 2.17. The molecular formula is C20H34IN5. The van der Waals surface area contributed by atoms with Gasteiger partial charge in [0, 0.05) is 58.9 Å². The molecule has 0 bridgehead atoms. The van der Waals surface area contributed by atoms with Gasteiger partial charge in [0.05, 0.1) is 0 Å². The van der Waals surface area contributed by atoms with Crippen molar-refractivity contribution >= 4 is 29.9 Å². The van der Waals surface area contributed by atoms with Crippen LogP contribution in [0.3, 0.4) is 0 Å². The van der Waals surface area contributed by atoms with E-state index in [1.165, 1.54) is 31.2 Å². The molecule has 0 radical (unpaired) electrons. The number of piperazine rings is 1. The number of rotatable bonds is 6. The Morgan fingerprint density at radius 3 is 2.35 bits per heavy atom. The number of nitrogens with zero attached hydrogens (tertiary/aromatic N) is 3. The fourth-order valence-electron chi connectivity index (χ4n) is 3.80. The zero-order chi connectivity index (χ0) is 17.3. The maximum Gasteiger partial charge on any atom is 0.191 e. The SMILES string of the molecule is CN=C(NCCN1CCN(Cc2ccccc2)CC1)NC1CCCC1.I. The molecule has 0 spiro atoms. The van der Waals surface area contributed by atoms with Crippen LogP contribution in [0.4, 0.5) is 0 Å². The molecule has 26 heavy (non-hydrogen) atoms. The van der Waals surface area contributed by atoms with E-state index in [0.29, 0.717) is 6.04 Å². The molecule has 146 valence electrons. The Bertz CT molecular complexity index is 522. The first-order valence-electron chi connectivity index (χ1n) is 9.79. The van der Waals surface area contributed by atoms with Crippen LogP contribution >= 0.6 is 24.0 Å². The van der Waals surface area contributed by atoms with E-state index in [0.717, 1.165) is 51.8 Å². The Labute approximate surface area is 175 Å². The minimum Gasteiger partial charge on any atom is -0.355 e. The Morgan fingerprint density at radius 1 is 1.04 bits per heavy atom. The quantitative estimate of drug-likeness (QED) is 0.380. The van der Waals surface area contributed by atoms with Crippen LogP contribution in [-0.4, -0.2) is 68.1 Å². The van der Waals surface area contributed by atoms with Crippen LogP contribution in [0.2, 0.25) is 0 Å². The van der Waals surface area contributed by atoms with Gasteiger partial charge in [-0.1, -0.05) is 43.2 Å². The van der Waals surface area contributed by atoms with Crippen molar-refractivity contribution in [1.29, 1.82) is 0 Å². The summed E-state index contributed by atoms with van der Waals surface area (Å²) in [5.74, 6) is 0.967. The molecule has 1 aromatic rings. The fourth-order valence-corrected chi connectivity index (χ4v) is 3.80. The first kappa shape index (κ1) is 21.4. The van der Waals surface area contributed by atoms with E-state index in [1.54, 1.807) is 0 Å². The minimum atomic E-state index is 0. The first-order valence-corrected chi connectivity index (χ1v) is 9.79. The number of hydrogen-bond acceptors (Lipinski definition) is 3. The molecule has 2 N–H and O–H groups in total. The molecular weight excluding hydrogens is 437 g/mol. The molecule has 5 nitrogen and oxygen atoms in total. The number of benzene rings is 1. The van der Waals surface area contributed by atoms with E-state index >= 15 is 0 Å². The summed E-state index contributed by atoms with van der Waals surface area (Å²) in [5.41, 5.74) is 1.42. The highest BCUT2D eigenvalue weighted by Gasteiger charge is 2.18. The van der Waals surface area contributed by atoms with Gasteiger partial charge in [-0.3, -0.25) is 14.8 Å². The van der Waals surface area contributed by atoms with Crippen LogP contribution < -0.4 is 10.6 Å². The number of aliphatic imine (C=N–C) groups is 1. The van der Waals surface area contributed by atoms with Crippen molar-refractivity contribution in [2.24, 2.45) is 4.99 Å². The van der Waals surface area contributed by atoms with Gasteiger partial charge >= 0.3 is 0 Å². The van der Waals surface area contributed by atoms with E-state index in [-0.39, 0.29) is 24.0 Å². The lowest BCUT2D eigenvalue weighted by Crippen LogP contribution is -2.49. The van der Waals surface area contributed by atoms with Gasteiger partial charge in [0.1, 0.15) is 0 Å². The van der Waals surface area contributed by atoms with Crippen molar-refractivity contribution in [3.05, 3.63) is 35.9 Å². The van der Waals surface area contributed by atoms with Crippen LogP contribution in [0, 0.1) is 0 Å². The molecule has 1 aliphatic heterocycles. The molecule has 1 saturated heterocycles. The summed E-state index contributed by atoms with van der Waals surface area (Å²) in [7, 11) is 1.87. The zero-order valence-corrected chi connectivity index (χ0v) is 18.3. The van der Waals surface area contributed by atoms with Gasteiger partial charge in [-0.2, -0.15) is 0 Å². The van der Waals surface area contributed by atoms with Gasteiger partial charge in [-0.05, 0) is 18.4 Å². The van der Waals surface area contributed by atoms with Crippen LogP contribution in [0.5, 0.6) is 0 Å². The van der Waals surface area contributed by atoms with E-state index in [2.05, 4.69) is 55.8 Å². The number of hydrogen-bond donors (Lipinski definition) is 2. The summed E-state index contributed by atoms with van der Waals surface area (Å²) < 4.78 is 0. The van der Waals surface area contributed by atoms with Gasteiger partial charge in [0.2, 0.25) is 0 Å². The largest absolute Gasteiger partial charge is 0.355 e. The third-order valence-electron chi connectivity index (χ3n) is 5.35. The maximum atomic E-state index is 4.36. The molecule has 1 aromatic carbocycles. The molecule has 0 unspecified atom stereocenters. The Hall–Kier alpha value is -0.860. The fraction of sp³-hybridized carbons (Fsp3) is 0.650. The lowest BCUT2D eigenvalue weighted by molar-refractivity contribution is 0.129. The second-order valence-corrected chi connectivity index (χ2v) is 7.23. The summed E-state index contributed by atoms with van der Waals surface area (Å²) >= 11 is 0. The first-order chi connectivity index (χ1) is 12.3. The number of guanidine groups is 1. The monoisotopic (exact) mass is 471 g/mol. The van der Waals surface area contributed by atoms with Crippen LogP contribution in [-0.2, 0) is 6.54 Å². The third kappa shape index (κ3) is 7.04. The third-order valence-corrected chi connectivity index (χ3v) is 5.35. The molecule has 1 aliphatic carbocycles. The van der Waals surface area contributed by atoms with E-state index in [4.69, 9.17) is 0 Å². The van der Waals surface area contributed by atoms with Gasteiger partial charge < -0.3 is 10.6 Å². The molecule has 2 aliphatic rings. The lowest BCUT2D eigenvalue weighted by atomic mass is 10.2. The van der Waals surface area contributed by atoms with Gasteiger partial charge in [-0.25, -0.2) is 0 Å². The van der Waals surface area contributed by atoms with Gasteiger partial charge in [0.15, 0.2) is 5.96 Å². The maximum absolute atomic E-state index is 4.36. The molecule has 3 rings (SSSR count). The van der Waals surface area contributed by atoms with Crippen molar-refractivity contribution in [2.75, 3.05) is 46.3 Å². The highest BCUT2D eigenvalue weighted by molar-refractivity contribution is 14.0. The number of halogens is 1. The van der Waals surface area contributed by atoms with E-state index < -0.39 is 0 Å². The summed E-state index contributed by atoms with van der Waals surface area (Å²) in [6.45, 7) is 7.75. The molecule has 1 heterocycles. The molecule has 0 aromatic heterocycles. The Kier molecular flexibility index (Phi) is 9.71. The number of nitrogens with one attached hydrogen (secondary N) is 2. The second-order valence-electron chi connectivity index (χ2n) is 7.23. The van der Waals surface area contributed by atoms with Gasteiger partial charge in [-0.15, -0.1) is 24.0 Å². The van der Waals surface area contributed by atoms with Crippen molar-refractivity contribution in [2.45, 2.75) is 38.3 Å². The lowest BCUT2D eigenvalue weighted by Gasteiger charge is -2.34. The summed E-state index contributed by atoms with van der Waals surface area (Å²) in [4.78, 5) is 9.47. The molecule has 2 fully saturated rings. The van der Waals surface area contributed by atoms with Crippen molar-refractivity contribution < 1.29 is 0 Å². The smallest absolute Gasteiger partial charge is 0.191 e. The molecule has 6 heteroatoms. The molecule has 1 saturated carbocycles. The average Bonchev–Trinajstić information content (AvgIpc) is 3.16. The predicted octanol–water partition coefficient (Wildman–Crippen LogP) is 2.53. The average molecular weight is 471 g/mol. The Morgan fingerprint density at radius 2 is 1.69 bits per heavy atom. The van der Waals surface area contributed by atoms with Crippen molar-refractivity contribution in [3.63, 3.8) is 0 Å². The van der Waals surface area contributed by atoms with Crippen LogP contribution in [0.1, 0.15) is 31.2 Å².